The van der Waals surface area contributed by atoms with E-state index in [9.17, 15) is 13.2 Å². The number of anilines is 1. The van der Waals surface area contributed by atoms with E-state index in [0.717, 1.165) is 19.3 Å². The summed E-state index contributed by atoms with van der Waals surface area (Å²) < 4.78 is 33.1. The SMILES string of the molecule is O=C(Nc1ccccc1)O[C@H]1CCC[C@@H](NS(=O)(=O)c2ccccc2)C1. The molecule has 3 rings (SSSR count). The van der Waals surface area contributed by atoms with Crippen molar-refractivity contribution >= 4 is 21.8 Å². The van der Waals surface area contributed by atoms with Crippen molar-refractivity contribution in [3.05, 3.63) is 60.7 Å². The largest absolute Gasteiger partial charge is 0.446 e. The maximum absolute atomic E-state index is 12.4. The van der Waals surface area contributed by atoms with E-state index in [1.807, 2.05) is 18.2 Å². The zero-order chi connectivity index (χ0) is 18.4. The van der Waals surface area contributed by atoms with E-state index in [4.69, 9.17) is 4.74 Å². The topological polar surface area (TPSA) is 84.5 Å². The molecule has 0 spiro atoms. The van der Waals surface area contributed by atoms with Crippen molar-refractivity contribution in [3.8, 4) is 0 Å². The van der Waals surface area contributed by atoms with Gasteiger partial charge in [0, 0.05) is 18.2 Å². The zero-order valence-corrected chi connectivity index (χ0v) is 15.1. The van der Waals surface area contributed by atoms with Crippen LogP contribution in [0, 0.1) is 0 Å². The van der Waals surface area contributed by atoms with E-state index in [2.05, 4.69) is 10.0 Å². The van der Waals surface area contributed by atoms with Gasteiger partial charge in [0.25, 0.3) is 0 Å². The fourth-order valence-electron chi connectivity index (χ4n) is 3.07. The summed E-state index contributed by atoms with van der Waals surface area (Å²) in [7, 11) is -3.57. The molecule has 2 atom stereocenters. The average Bonchev–Trinajstić information content (AvgIpc) is 2.63. The smallest absolute Gasteiger partial charge is 0.411 e. The third-order valence-corrected chi connectivity index (χ3v) is 5.83. The van der Waals surface area contributed by atoms with Gasteiger partial charge in [0.1, 0.15) is 6.10 Å². The molecule has 7 heteroatoms. The van der Waals surface area contributed by atoms with Gasteiger partial charge in [-0.2, -0.15) is 0 Å². The van der Waals surface area contributed by atoms with Crippen molar-refractivity contribution < 1.29 is 17.9 Å². The van der Waals surface area contributed by atoms with Crippen molar-refractivity contribution in [2.24, 2.45) is 0 Å². The lowest BCUT2D eigenvalue weighted by atomic mass is 9.94. The molecule has 0 heterocycles. The summed E-state index contributed by atoms with van der Waals surface area (Å²) in [5.74, 6) is 0. The van der Waals surface area contributed by atoms with Crippen LogP contribution in [0.4, 0.5) is 10.5 Å². The van der Waals surface area contributed by atoms with Gasteiger partial charge in [-0.15, -0.1) is 0 Å². The van der Waals surface area contributed by atoms with Crippen LogP contribution in [0.2, 0.25) is 0 Å². The summed E-state index contributed by atoms with van der Waals surface area (Å²) in [6.07, 6.45) is 1.89. The number of nitrogens with one attached hydrogen (secondary N) is 2. The van der Waals surface area contributed by atoms with E-state index >= 15 is 0 Å². The number of ether oxygens (including phenoxy) is 1. The maximum atomic E-state index is 12.4. The van der Waals surface area contributed by atoms with Crippen molar-refractivity contribution in [2.45, 2.75) is 42.7 Å². The van der Waals surface area contributed by atoms with Crippen LogP contribution < -0.4 is 10.0 Å². The highest BCUT2D eigenvalue weighted by molar-refractivity contribution is 7.89. The molecule has 1 fully saturated rings. The Balaban J connectivity index is 1.55. The van der Waals surface area contributed by atoms with Crippen molar-refractivity contribution in [1.29, 1.82) is 0 Å². The maximum Gasteiger partial charge on any atom is 0.411 e. The Morgan fingerprint density at radius 2 is 1.62 bits per heavy atom. The van der Waals surface area contributed by atoms with Crippen molar-refractivity contribution in [3.63, 3.8) is 0 Å². The summed E-state index contributed by atoms with van der Waals surface area (Å²) in [4.78, 5) is 12.3. The predicted octanol–water partition coefficient (Wildman–Crippen LogP) is 3.52. The van der Waals surface area contributed by atoms with Crippen LogP contribution in [-0.4, -0.2) is 26.7 Å². The van der Waals surface area contributed by atoms with E-state index < -0.39 is 16.1 Å². The van der Waals surface area contributed by atoms with Crippen molar-refractivity contribution in [1.82, 2.24) is 4.72 Å². The minimum absolute atomic E-state index is 0.241. The van der Waals surface area contributed by atoms with Crippen LogP contribution in [-0.2, 0) is 14.8 Å². The fraction of sp³-hybridized carbons (Fsp3) is 0.316. The minimum atomic E-state index is -3.57. The molecule has 2 aromatic carbocycles. The van der Waals surface area contributed by atoms with E-state index in [1.54, 1.807) is 42.5 Å². The van der Waals surface area contributed by atoms with E-state index in [1.165, 1.54) is 0 Å². The Labute approximate surface area is 153 Å². The van der Waals surface area contributed by atoms with Crippen molar-refractivity contribution in [2.75, 3.05) is 5.32 Å². The molecular weight excluding hydrogens is 352 g/mol. The summed E-state index contributed by atoms with van der Waals surface area (Å²) in [6.45, 7) is 0. The molecule has 2 aromatic rings. The Morgan fingerprint density at radius 3 is 2.31 bits per heavy atom. The molecule has 1 aliphatic rings. The summed E-state index contributed by atoms with van der Waals surface area (Å²) in [5, 5.41) is 2.68. The van der Waals surface area contributed by atoms with Gasteiger partial charge in [-0.1, -0.05) is 36.4 Å². The van der Waals surface area contributed by atoms with Crippen LogP contribution in [0.1, 0.15) is 25.7 Å². The highest BCUT2D eigenvalue weighted by Gasteiger charge is 2.28. The number of hydrogen-bond donors (Lipinski definition) is 2. The summed E-state index contributed by atoms with van der Waals surface area (Å²) in [6, 6.07) is 17.1. The molecule has 26 heavy (non-hydrogen) atoms. The fourth-order valence-corrected chi connectivity index (χ4v) is 4.37. The number of amides is 1. The first kappa shape index (κ1) is 18.4. The quantitative estimate of drug-likeness (QED) is 0.838. The van der Waals surface area contributed by atoms with Gasteiger partial charge in [-0.25, -0.2) is 17.9 Å². The van der Waals surface area contributed by atoms with Gasteiger partial charge in [0.15, 0.2) is 0 Å². The summed E-state index contributed by atoms with van der Waals surface area (Å²) >= 11 is 0. The first-order valence-corrected chi connectivity index (χ1v) is 10.1. The Kier molecular flexibility index (Phi) is 5.90. The molecule has 1 saturated carbocycles. The van der Waals surface area contributed by atoms with E-state index in [-0.39, 0.29) is 17.0 Å². The summed E-state index contributed by atoms with van der Waals surface area (Å²) in [5.41, 5.74) is 0.662. The first-order valence-electron chi connectivity index (χ1n) is 8.63. The van der Waals surface area contributed by atoms with Gasteiger partial charge in [-0.3, -0.25) is 5.32 Å². The van der Waals surface area contributed by atoms with Gasteiger partial charge < -0.3 is 4.74 Å². The second-order valence-corrected chi connectivity index (χ2v) is 8.03. The molecule has 138 valence electrons. The Bertz CT molecular complexity index is 825. The van der Waals surface area contributed by atoms with Crippen LogP contribution >= 0.6 is 0 Å². The number of hydrogen-bond acceptors (Lipinski definition) is 4. The van der Waals surface area contributed by atoms with Crippen LogP contribution in [0.15, 0.2) is 65.6 Å². The number of carbonyl (C=O) groups excluding carboxylic acids is 1. The predicted molar refractivity (Wildman–Crippen MR) is 99.4 cm³/mol. The highest BCUT2D eigenvalue weighted by Crippen LogP contribution is 2.23. The molecule has 0 radical (unpaired) electrons. The Hall–Kier alpha value is -2.38. The van der Waals surface area contributed by atoms with Gasteiger partial charge in [0.05, 0.1) is 4.90 Å². The normalized spacial score (nSPS) is 20.3. The average molecular weight is 374 g/mol. The number of carbonyl (C=O) groups is 1. The molecular formula is C19H22N2O4S. The molecule has 1 amide bonds. The van der Waals surface area contributed by atoms with Crippen LogP contribution in [0.5, 0.6) is 0 Å². The zero-order valence-electron chi connectivity index (χ0n) is 14.3. The molecule has 6 nitrogen and oxygen atoms in total. The number of benzene rings is 2. The lowest BCUT2D eigenvalue weighted by molar-refractivity contribution is 0.0793. The number of sulfonamides is 1. The number of para-hydroxylation sites is 1. The molecule has 0 saturated heterocycles. The molecule has 0 unspecified atom stereocenters. The van der Waals surface area contributed by atoms with Gasteiger partial charge in [0.2, 0.25) is 10.0 Å². The van der Waals surface area contributed by atoms with Crippen LogP contribution in [0.3, 0.4) is 0 Å². The lowest BCUT2D eigenvalue weighted by Gasteiger charge is -2.29. The Morgan fingerprint density at radius 1 is 0.962 bits per heavy atom. The first-order chi connectivity index (χ1) is 12.5. The second-order valence-electron chi connectivity index (χ2n) is 6.32. The third kappa shape index (κ3) is 5.06. The highest BCUT2D eigenvalue weighted by atomic mass is 32.2. The standard InChI is InChI=1S/C19H22N2O4S/c22-19(20-15-8-3-1-4-9-15)25-17-11-7-10-16(14-17)21-26(23,24)18-12-5-2-6-13-18/h1-6,8-9,12-13,16-17,21H,7,10-11,14H2,(H,20,22)/t16-,17+/m1/s1. The molecule has 2 N–H and O–H groups in total. The molecule has 0 aromatic heterocycles. The molecule has 0 aliphatic heterocycles. The third-order valence-electron chi connectivity index (χ3n) is 4.30. The molecule has 1 aliphatic carbocycles. The van der Waals surface area contributed by atoms with Gasteiger partial charge in [-0.05, 0) is 43.5 Å². The van der Waals surface area contributed by atoms with E-state index in [0.29, 0.717) is 12.1 Å². The minimum Gasteiger partial charge on any atom is -0.446 e. The van der Waals surface area contributed by atoms with Gasteiger partial charge >= 0.3 is 6.09 Å². The van der Waals surface area contributed by atoms with Crippen LogP contribution in [0.25, 0.3) is 0 Å². The molecule has 0 bridgehead atoms. The monoisotopic (exact) mass is 374 g/mol. The number of rotatable bonds is 5. The lowest BCUT2D eigenvalue weighted by Crippen LogP contribution is -2.41. The second kappa shape index (κ2) is 8.33.